The van der Waals surface area contributed by atoms with Crippen LogP contribution < -0.4 is 9.64 Å². The number of anilines is 1. The van der Waals surface area contributed by atoms with Crippen LogP contribution >= 0.6 is 0 Å². The molecule has 1 atom stereocenters. The third-order valence-electron chi connectivity index (χ3n) is 5.93. The zero-order valence-corrected chi connectivity index (χ0v) is 15.9. The highest BCUT2D eigenvalue weighted by Crippen LogP contribution is 2.43. The fraction of sp³-hybridized carbons (Fsp3) is 0.375. The molecule has 0 spiro atoms. The van der Waals surface area contributed by atoms with Gasteiger partial charge in [0.05, 0.1) is 23.1 Å². The van der Waals surface area contributed by atoms with E-state index in [9.17, 15) is 0 Å². The molecule has 1 unspecified atom stereocenters. The standard InChI is InChI=1S/C24H26N2O/c1-2-18-16-26(15-17-9-4-3-5-10-17)24-19-11-6-7-12-20(19)25-21-13-8-14-22(27-18)23(21)24/h3-5,8-10,13-14,18H,2,6-7,11-12,15-16H2,1H3. The van der Waals surface area contributed by atoms with Crippen molar-refractivity contribution < 1.29 is 4.74 Å². The topological polar surface area (TPSA) is 25.4 Å². The van der Waals surface area contributed by atoms with E-state index in [4.69, 9.17) is 9.72 Å². The van der Waals surface area contributed by atoms with E-state index in [0.29, 0.717) is 0 Å². The highest BCUT2D eigenvalue weighted by atomic mass is 16.5. The summed E-state index contributed by atoms with van der Waals surface area (Å²) in [5, 5.41) is 1.21. The van der Waals surface area contributed by atoms with Gasteiger partial charge in [-0.2, -0.15) is 0 Å². The smallest absolute Gasteiger partial charge is 0.131 e. The Labute approximate surface area is 161 Å². The van der Waals surface area contributed by atoms with E-state index in [2.05, 4.69) is 60.4 Å². The summed E-state index contributed by atoms with van der Waals surface area (Å²) in [6.07, 6.45) is 5.94. The molecule has 2 aliphatic rings. The van der Waals surface area contributed by atoms with Gasteiger partial charge in [0.2, 0.25) is 0 Å². The van der Waals surface area contributed by atoms with Crippen LogP contribution in [0.4, 0.5) is 5.69 Å². The fourth-order valence-electron chi connectivity index (χ4n) is 4.58. The zero-order chi connectivity index (χ0) is 18.2. The Balaban J connectivity index is 1.73. The number of benzene rings is 2. The van der Waals surface area contributed by atoms with Crippen LogP contribution in [0.15, 0.2) is 48.5 Å². The maximum absolute atomic E-state index is 6.46. The quantitative estimate of drug-likeness (QED) is 0.636. The van der Waals surface area contributed by atoms with E-state index in [1.807, 2.05) is 0 Å². The minimum atomic E-state index is 0.200. The largest absolute Gasteiger partial charge is 0.488 e. The van der Waals surface area contributed by atoms with Crippen molar-refractivity contribution in [2.24, 2.45) is 0 Å². The van der Waals surface area contributed by atoms with Crippen molar-refractivity contribution in [3.05, 3.63) is 65.4 Å². The molecule has 0 radical (unpaired) electrons. The van der Waals surface area contributed by atoms with Crippen molar-refractivity contribution in [1.82, 2.24) is 4.98 Å². The number of fused-ring (bicyclic) bond motifs is 2. The van der Waals surface area contributed by atoms with Gasteiger partial charge < -0.3 is 9.64 Å². The number of aryl methyl sites for hydroxylation is 1. The Morgan fingerprint density at radius 1 is 1.04 bits per heavy atom. The molecule has 1 aliphatic carbocycles. The molecule has 2 heterocycles. The van der Waals surface area contributed by atoms with Crippen molar-refractivity contribution >= 4 is 16.6 Å². The van der Waals surface area contributed by atoms with Crippen molar-refractivity contribution in [3.8, 4) is 5.75 Å². The maximum Gasteiger partial charge on any atom is 0.131 e. The number of aromatic nitrogens is 1. The lowest BCUT2D eigenvalue weighted by Gasteiger charge is -2.30. The van der Waals surface area contributed by atoms with E-state index in [1.54, 1.807) is 0 Å². The predicted molar refractivity (Wildman–Crippen MR) is 111 cm³/mol. The molecule has 1 aliphatic heterocycles. The van der Waals surface area contributed by atoms with Crippen LogP contribution in [0.2, 0.25) is 0 Å². The summed E-state index contributed by atoms with van der Waals surface area (Å²) in [6.45, 7) is 4.06. The van der Waals surface area contributed by atoms with Crippen LogP contribution in [0, 0.1) is 0 Å². The Morgan fingerprint density at radius 2 is 1.89 bits per heavy atom. The molecule has 2 aromatic carbocycles. The summed E-state index contributed by atoms with van der Waals surface area (Å²) < 4.78 is 6.46. The fourth-order valence-corrected chi connectivity index (χ4v) is 4.58. The second-order valence-electron chi connectivity index (χ2n) is 7.76. The van der Waals surface area contributed by atoms with E-state index in [-0.39, 0.29) is 6.10 Å². The first kappa shape index (κ1) is 16.6. The minimum Gasteiger partial charge on any atom is -0.488 e. The van der Waals surface area contributed by atoms with Crippen molar-refractivity contribution in [1.29, 1.82) is 0 Å². The van der Waals surface area contributed by atoms with E-state index >= 15 is 0 Å². The Bertz CT molecular complexity index is 967. The molecule has 0 saturated carbocycles. The number of nitrogens with zero attached hydrogens (tertiary/aromatic N) is 2. The molecule has 27 heavy (non-hydrogen) atoms. The lowest BCUT2D eigenvalue weighted by molar-refractivity contribution is 0.207. The number of hydrogen-bond acceptors (Lipinski definition) is 3. The Hall–Kier alpha value is -2.55. The first-order valence-electron chi connectivity index (χ1n) is 10.2. The zero-order valence-electron chi connectivity index (χ0n) is 15.9. The molecule has 1 aromatic heterocycles. The van der Waals surface area contributed by atoms with Crippen LogP contribution in [-0.2, 0) is 19.4 Å². The third kappa shape index (κ3) is 2.95. The van der Waals surface area contributed by atoms with Crippen molar-refractivity contribution in [3.63, 3.8) is 0 Å². The van der Waals surface area contributed by atoms with Gasteiger partial charge in [-0.05, 0) is 55.4 Å². The summed E-state index contributed by atoms with van der Waals surface area (Å²) in [6, 6.07) is 17.2. The van der Waals surface area contributed by atoms with Crippen LogP contribution in [-0.4, -0.2) is 17.6 Å². The highest BCUT2D eigenvalue weighted by molar-refractivity contribution is 5.99. The monoisotopic (exact) mass is 358 g/mol. The SMILES string of the molecule is CCC1CN(Cc2ccccc2)c2c3c(nc4cccc(c24)O1)CCCC3. The summed E-state index contributed by atoms with van der Waals surface area (Å²) in [4.78, 5) is 7.61. The van der Waals surface area contributed by atoms with Crippen LogP contribution in [0.25, 0.3) is 10.9 Å². The minimum absolute atomic E-state index is 0.200. The van der Waals surface area contributed by atoms with Crippen LogP contribution in [0.1, 0.15) is 43.0 Å². The normalized spacial score (nSPS) is 18.7. The molecule has 0 bridgehead atoms. The van der Waals surface area contributed by atoms with Gasteiger partial charge in [-0.25, -0.2) is 0 Å². The van der Waals surface area contributed by atoms with E-state index < -0.39 is 0 Å². The first-order chi connectivity index (χ1) is 13.3. The first-order valence-corrected chi connectivity index (χ1v) is 10.2. The molecule has 3 heteroatoms. The average molecular weight is 358 g/mol. The molecule has 5 rings (SSSR count). The maximum atomic E-state index is 6.46. The Kier molecular flexibility index (Phi) is 4.23. The number of ether oxygens (including phenoxy) is 1. The van der Waals surface area contributed by atoms with Gasteiger partial charge in [0.15, 0.2) is 0 Å². The van der Waals surface area contributed by atoms with Crippen LogP contribution in [0.5, 0.6) is 5.75 Å². The molecular formula is C24H26N2O. The molecule has 0 amide bonds. The summed E-state index contributed by atoms with van der Waals surface area (Å²) in [5.41, 5.74) is 6.57. The molecule has 3 nitrogen and oxygen atoms in total. The Morgan fingerprint density at radius 3 is 2.74 bits per heavy atom. The van der Waals surface area contributed by atoms with Gasteiger partial charge in [0, 0.05) is 12.2 Å². The van der Waals surface area contributed by atoms with Gasteiger partial charge in [-0.1, -0.05) is 43.3 Å². The van der Waals surface area contributed by atoms with Gasteiger partial charge >= 0.3 is 0 Å². The molecule has 0 fully saturated rings. The summed E-state index contributed by atoms with van der Waals surface area (Å²) >= 11 is 0. The highest BCUT2D eigenvalue weighted by Gasteiger charge is 2.29. The molecule has 0 saturated heterocycles. The molecule has 0 N–H and O–H groups in total. The number of pyridine rings is 1. The lowest BCUT2D eigenvalue weighted by Crippen LogP contribution is -2.34. The van der Waals surface area contributed by atoms with Crippen molar-refractivity contribution in [2.75, 3.05) is 11.4 Å². The summed E-state index contributed by atoms with van der Waals surface area (Å²) in [7, 11) is 0. The van der Waals surface area contributed by atoms with Gasteiger partial charge in [0.1, 0.15) is 11.9 Å². The summed E-state index contributed by atoms with van der Waals surface area (Å²) in [5.74, 6) is 1.01. The number of rotatable bonds is 3. The van der Waals surface area contributed by atoms with Gasteiger partial charge in [0.25, 0.3) is 0 Å². The number of hydrogen-bond donors (Lipinski definition) is 0. The van der Waals surface area contributed by atoms with Crippen molar-refractivity contribution in [2.45, 2.75) is 51.7 Å². The van der Waals surface area contributed by atoms with Crippen LogP contribution in [0.3, 0.4) is 0 Å². The molecule has 3 aromatic rings. The average Bonchev–Trinajstić information content (AvgIpc) is 2.87. The predicted octanol–water partition coefficient (Wildman–Crippen LogP) is 5.29. The van der Waals surface area contributed by atoms with Gasteiger partial charge in [-0.15, -0.1) is 0 Å². The van der Waals surface area contributed by atoms with E-state index in [1.165, 1.54) is 40.7 Å². The second kappa shape index (κ2) is 6.88. The lowest BCUT2D eigenvalue weighted by atomic mass is 9.91. The molecular weight excluding hydrogens is 332 g/mol. The van der Waals surface area contributed by atoms with E-state index in [0.717, 1.165) is 43.6 Å². The molecule has 138 valence electrons. The van der Waals surface area contributed by atoms with Gasteiger partial charge in [-0.3, -0.25) is 4.98 Å². The second-order valence-corrected chi connectivity index (χ2v) is 7.76. The third-order valence-corrected chi connectivity index (χ3v) is 5.93.